The van der Waals surface area contributed by atoms with E-state index in [2.05, 4.69) is 4.89 Å². The first-order chi connectivity index (χ1) is 2.27. The Balaban J connectivity index is -0.0000000800. The Morgan fingerprint density at radius 1 is 1.83 bits per heavy atom. The van der Waals surface area contributed by atoms with Gasteiger partial charge in [-0.1, -0.05) is 0 Å². The molecule has 0 radical (unpaired) electrons. The van der Waals surface area contributed by atoms with Crippen LogP contribution >= 0.6 is 0 Å². The summed E-state index contributed by atoms with van der Waals surface area (Å²) in [7, 11) is 0. The van der Waals surface area contributed by atoms with Crippen molar-refractivity contribution in [2.75, 3.05) is 0 Å². The van der Waals surface area contributed by atoms with Gasteiger partial charge < -0.3 is 6.53 Å². The number of carboxylic acid groups (broad SMARTS) is 1. The zero-order valence-corrected chi connectivity index (χ0v) is 5.21. The molecule has 0 aliphatic heterocycles. The van der Waals surface area contributed by atoms with Crippen molar-refractivity contribution in [2.24, 2.45) is 0 Å². The van der Waals surface area contributed by atoms with Crippen LogP contribution in [0.1, 0.15) is 1.43 Å². The molecule has 0 amide bonds. The zero-order valence-electron chi connectivity index (χ0n) is 4.21. The molecule has 0 fully saturated rings. The normalized spacial score (nSPS) is 5.50. The van der Waals surface area contributed by atoms with Gasteiger partial charge in [-0.25, -0.2) is 4.79 Å². The second-order valence-electron chi connectivity index (χ2n) is 0.357. The van der Waals surface area contributed by atoms with Crippen LogP contribution in [0.3, 0.4) is 0 Å². The van der Waals surface area contributed by atoms with Crippen LogP contribution in [0.25, 0.3) is 0 Å². The maximum Gasteiger partial charge on any atom is 1.00 e. The molecule has 2 N–H and O–H groups in total. The minimum absolute atomic E-state index is 0. The molecule has 4 nitrogen and oxygen atoms in total. The van der Waals surface area contributed by atoms with E-state index in [0.29, 0.717) is 0 Å². The summed E-state index contributed by atoms with van der Waals surface area (Å²) >= 11 is 0. The SMILES string of the molecule is O=C(O)OO.[H-].[Na+]. The van der Waals surface area contributed by atoms with Gasteiger partial charge in [0.15, 0.2) is 0 Å². The monoisotopic (exact) mass is 102 g/mol. The van der Waals surface area contributed by atoms with Gasteiger partial charge in [0.2, 0.25) is 0 Å². The van der Waals surface area contributed by atoms with Crippen LogP contribution in [0.2, 0.25) is 0 Å². The van der Waals surface area contributed by atoms with E-state index in [-0.39, 0.29) is 31.0 Å². The predicted octanol–water partition coefficient (Wildman–Crippen LogP) is -2.73. The van der Waals surface area contributed by atoms with Crippen LogP contribution in [0.5, 0.6) is 0 Å². The molecule has 0 heterocycles. The van der Waals surface area contributed by atoms with Gasteiger partial charge in [0.25, 0.3) is 0 Å². The summed E-state index contributed by atoms with van der Waals surface area (Å²) in [5.74, 6) is 0. The van der Waals surface area contributed by atoms with E-state index < -0.39 is 6.16 Å². The summed E-state index contributed by atoms with van der Waals surface area (Å²) < 4.78 is 0. The van der Waals surface area contributed by atoms with Crippen molar-refractivity contribution in [3.8, 4) is 0 Å². The predicted molar refractivity (Wildman–Crippen MR) is 12.9 cm³/mol. The third-order valence-electron chi connectivity index (χ3n) is 0.0781. The summed E-state index contributed by atoms with van der Waals surface area (Å²) in [6, 6.07) is 0. The molecule has 0 saturated carbocycles. The number of carbonyl (C=O) groups is 1. The van der Waals surface area contributed by atoms with E-state index in [4.69, 9.17) is 15.2 Å². The molecule has 32 valence electrons. The molecule has 0 aromatic heterocycles. The van der Waals surface area contributed by atoms with Gasteiger partial charge in [-0.3, -0.25) is 4.89 Å². The van der Waals surface area contributed by atoms with Crippen molar-refractivity contribution >= 4 is 6.16 Å². The molecular formula is CH3NaO4. The average Bonchev–Trinajstić information content (AvgIpc) is 1.38. The fourth-order valence-corrected chi connectivity index (χ4v) is 0. The molecule has 0 rings (SSSR count). The maximum absolute atomic E-state index is 8.90. The largest absolute Gasteiger partial charge is 1.00 e. The van der Waals surface area contributed by atoms with Crippen LogP contribution in [-0.2, 0) is 4.89 Å². The summed E-state index contributed by atoms with van der Waals surface area (Å²) in [6.07, 6.45) is -1.69. The smallest absolute Gasteiger partial charge is 1.00 e. The number of hydrogen-bond acceptors (Lipinski definition) is 3. The van der Waals surface area contributed by atoms with Crippen LogP contribution in [0, 0.1) is 0 Å². The van der Waals surface area contributed by atoms with Crippen molar-refractivity contribution in [1.29, 1.82) is 0 Å². The second kappa shape index (κ2) is 5.23. The molecule has 0 aliphatic rings. The zero-order chi connectivity index (χ0) is 4.28. The topological polar surface area (TPSA) is 66.8 Å². The van der Waals surface area contributed by atoms with E-state index in [0.717, 1.165) is 0 Å². The van der Waals surface area contributed by atoms with Crippen LogP contribution < -0.4 is 29.6 Å². The first-order valence-electron chi connectivity index (χ1n) is 0.814. The quantitative estimate of drug-likeness (QED) is 0.198. The third kappa shape index (κ3) is 8.87. The van der Waals surface area contributed by atoms with E-state index in [1.165, 1.54) is 0 Å². The minimum atomic E-state index is -1.69. The van der Waals surface area contributed by atoms with Crippen molar-refractivity contribution in [2.45, 2.75) is 0 Å². The maximum atomic E-state index is 8.90. The fourth-order valence-electron chi connectivity index (χ4n) is 0. The number of rotatable bonds is 0. The van der Waals surface area contributed by atoms with E-state index in [1.807, 2.05) is 0 Å². The van der Waals surface area contributed by atoms with Crippen LogP contribution in [0.15, 0.2) is 0 Å². The average molecular weight is 102 g/mol. The van der Waals surface area contributed by atoms with Crippen molar-refractivity contribution in [3.05, 3.63) is 0 Å². The van der Waals surface area contributed by atoms with Crippen molar-refractivity contribution in [3.63, 3.8) is 0 Å². The standard InChI is InChI=1S/CH2O4.Na.H/c2-1(3)5-4;;/h4H,(H,2,3);;/q;+1;-1. The summed E-state index contributed by atoms with van der Waals surface area (Å²) in [4.78, 5) is 11.6. The van der Waals surface area contributed by atoms with Gasteiger partial charge in [0.1, 0.15) is 0 Å². The molecule has 0 saturated heterocycles. The van der Waals surface area contributed by atoms with Gasteiger partial charge in [0, 0.05) is 0 Å². The van der Waals surface area contributed by atoms with Crippen molar-refractivity contribution < 1.29 is 51.0 Å². The molecule has 0 unspecified atom stereocenters. The Morgan fingerprint density at radius 3 is 2.00 bits per heavy atom. The first kappa shape index (κ1) is 9.52. The summed E-state index contributed by atoms with van der Waals surface area (Å²) in [5.41, 5.74) is 0. The molecule has 0 spiro atoms. The Labute approximate surface area is 57.4 Å². The summed E-state index contributed by atoms with van der Waals surface area (Å²) in [5, 5.41) is 14.3. The van der Waals surface area contributed by atoms with E-state index in [1.54, 1.807) is 0 Å². The molecule has 5 heteroatoms. The Kier molecular flexibility index (Phi) is 8.30. The molecule has 0 bridgehead atoms. The molecule has 0 atom stereocenters. The Morgan fingerprint density at radius 2 is 2.00 bits per heavy atom. The molecular weight excluding hydrogens is 99.0 g/mol. The van der Waals surface area contributed by atoms with Gasteiger partial charge in [-0.15, -0.1) is 0 Å². The second-order valence-corrected chi connectivity index (χ2v) is 0.357. The van der Waals surface area contributed by atoms with E-state index >= 15 is 0 Å². The number of hydrogen-bond donors (Lipinski definition) is 2. The van der Waals surface area contributed by atoms with Crippen LogP contribution in [0.4, 0.5) is 4.79 Å². The van der Waals surface area contributed by atoms with Gasteiger partial charge in [-0.2, -0.15) is 5.26 Å². The molecule has 6 heavy (non-hydrogen) atoms. The molecule has 0 aromatic rings. The molecule has 0 aliphatic carbocycles. The Hall–Kier alpha value is 0.230. The van der Waals surface area contributed by atoms with E-state index in [9.17, 15) is 0 Å². The third-order valence-corrected chi connectivity index (χ3v) is 0.0781. The van der Waals surface area contributed by atoms with Crippen LogP contribution in [-0.4, -0.2) is 16.5 Å². The van der Waals surface area contributed by atoms with Gasteiger partial charge in [-0.05, 0) is 0 Å². The first-order valence-corrected chi connectivity index (χ1v) is 0.814. The summed E-state index contributed by atoms with van der Waals surface area (Å²) in [6.45, 7) is 0. The fraction of sp³-hybridized carbons (Fsp3) is 0. The minimum Gasteiger partial charge on any atom is -1.00 e. The van der Waals surface area contributed by atoms with Crippen molar-refractivity contribution in [1.82, 2.24) is 0 Å². The Bertz CT molecular complexity index is 47.0. The van der Waals surface area contributed by atoms with Gasteiger partial charge in [0.05, 0.1) is 0 Å². The van der Waals surface area contributed by atoms with Gasteiger partial charge >= 0.3 is 35.7 Å². The molecule has 0 aromatic carbocycles.